The lowest BCUT2D eigenvalue weighted by Gasteiger charge is -2.63. The van der Waals surface area contributed by atoms with Crippen LogP contribution in [0.4, 0.5) is 11.4 Å². The minimum absolute atomic E-state index is 0.0611. The number of carbonyl (C=O) groups is 6. The number of benzene rings is 3. The van der Waals surface area contributed by atoms with Gasteiger partial charge in [0.2, 0.25) is 17.7 Å². The fraction of sp³-hybridized carbons (Fsp3) is 0.444. The third kappa shape index (κ3) is 7.23. The Kier molecular flexibility index (Phi) is 10.6. The van der Waals surface area contributed by atoms with Crippen molar-refractivity contribution in [3.05, 3.63) is 87.9 Å². The second-order valence-corrected chi connectivity index (χ2v) is 18.0. The molecule has 1 aliphatic carbocycles. The summed E-state index contributed by atoms with van der Waals surface area (Å²) in [7, 11) is 0. The lowest BCUT2D eigenvalue weighted by atomic mass is 9.49. The van der Waals surface area contributed by atoms with Gasteiger partial charge in [-0.05, 0) is 73.9 Å². The van der Waals surface area contributed by atoms with Crippen LogP contribution in [-0.4, -0.2) is 103 Å². The van der Waals surface area contributed by atoms with Crippen LogP contribution in [0.1, 0.15) is 90.0 Å². The van der Waals surface area contributed by atoms with Crippen molar-refractivity contribution in [2.24, 2.45) is 16.7 Å². The van der Waals surface area contributed by atoms with Crippen molar-refractivity contribution in [3.63, 3.8) is 0 Å². The summed E-state index contributed by atoms with van der Waals surface area (Å²) in [5.74, 6) is -1.66. The monoisotopic (exact) mass is 833 g/mol. The lowest BCUT2D eigenvalue weighted by Crippen LogP contribution is -2.74. The van der Waals surface area contributed by atoms with Gasteiger partial charge >= 0.3 is 0 Å². The molecule has 6 amide bonds. The predicted molar refractivity (Wildman–Crippen MR) is 223 cm³/mol. The van der Waals surface area contributed by atoms with Gasteiger partial charge in [-0.3, -0.25) is 39.0 Å². The van der Waals surface area contributed by atoms with Gasteiger partial charge in [-0.2, -0.15) is 5.26 Å². The molecule has 312 valence electrons. The van der Waals surface area contributed by atoms with E-state index in [2.05, 4.69) is 54.2 Å². The van der Waals surface area contributed by atoms with Gasteiger partial charge in [-0.15, -0.1) is 0 Å². The molecule has 14 nitrogen and oxygen atoms in total. The number of rotatable bonds is 8. The maximum absolute atomic E-state index is 13.7. The predicted octanol–water partition coefficient (Wildman–Crippen LogP) is 4.79. The molecule has 1 unspecified atom stereocenters. The molecule has 4 heterocycles. The number of fused-ring (bicyclic) bond motifs is 1. The molecule has 0 radical (unpaired) electrons. The van der Waals surface area contributed by atoms with Gasteiger partial charge < -0.3 is 24.8 Å². The molecular formula is C45H48ClN7O7. The maximum atomic E-state index is 13.7. The summed E-state index contributed by atoms with van der Waals surface area (Å²) in [5.41, 5.74) is 2.42. The van der Waals surface area contributed by atoms with Crippen molar-refractivity contribution in [1.82, 2.24) is 20.4 Å². The smallest absolute Gasteiger partial charge is 0.262 e. The number of hydrogen-bond donors (Lipinski definition) is 2. The molecular weight excluding hydrogens is 786 g/mol. The molecule has 0 aromatic heterocycles. The van der Waals surface area contributed by atoms with Crippen molar-refractivity contribution in [1.29, 1.82) is 5.26 Å². The molecule has 2 N–H and O–H groups in total. The molecule has 1 saturated carbocycles. The zero-order valence-corrected chi connectivity index (χ0v) is 34.9. The first-order chi connectivity index (χ1) is 28.6. The Bertz CT molecular complexity index is 2310. The maximum Gasteiger partial charge on any atom is 0.262 e. The van der Waals surface area contributed by atoms with Gasteiger partial charge in [-0.1, -0.05) is 39.3 Å². The Morgan fingerprint density at radius 3 is 2.07 bits per heavy atom. The molecule has 0 spiro atoms. The van der Waals surface area contributed by atoms with E-state index in [1.54, 1.807) is 36.4 Å². The average Bonchev–Trinajstić information content (AvgIpc) is 3.49. The largest absolute Gasteiger partial charge is 0.489 e. The van der Waals surface area contributed by atoms with Crippen LogP contribution in [0, 0.1) is 28.1 Å². The van der Waals surface area contributed by atoms with Gasteiger partial charge in [0, 0.05) is 91.5 Å². The number of ether oxygens (including phenoxy) is 1. The van der Waals surface area contributed by atoms with E-state index in [1.165, 1.54) is 0 Å². The normalized spacial score (nSPS) is 23.7. The number of piperidine rings is 2. The average molecular weight is 834 g/mol. The summed E-state index contributed by atoms with van der Waals surface area (Å²) in [6.45, 7) is 11.9. The van der Waals surface area contributed by atoms with Crippen LogP contribution in [-0.2, 0) is 14.4 Å². The van der Waals surface area contributed by atoms with Crippen LogP contribution < -0.4 is 25.2 Å². The van der Waals surface area contributed by atoms with Gasteiger partial charge in [0.1, 0.15) is 24.0 Å². The first-order valence-corrected chi connectivity index (χ1v) is 20.9. The minimum atomic E-state index is -1.02. The summed E-state index contributed by atoms with van der Waals surface area (Å²) < 4.78 is 6.37. The number of nitrogens with one attached hydrogen (secondary N) is 2. The number of nitrogens with zero attached hydrogens (tertiary/aromatic N) is 5. The van der Waals surface area contributed by atoms with Crippen molar-refractivity contribution < 1.29 is 33.5 Å². The summed E-state index contributed by atoms with van der Waals surface area (Å²) in [5, 5.41) is 15.0. The number of hydrogen-bond acceptors (Lipinski definition) is 10. The first-order valence-electron chi connectivity index (χ1n) is 20.5. The standard InChI is InChI=1S/C45H48ClN7O7/c1-44(2)42(45(3,4)43(44)60-31-11-7-28(25-47)34(46)24-31)49-37(55)26-5-8-29(9-6-26)50-17-15-27(16-18-50)39(57)52-21-19-51(20-22-52)30-10-12-32-33(23-30)41(59)53(40(32)58)35-13-14-36(54)48-38(35)56/h5-12,23-24,27,35,42-43H,13-22H2,1-4H3,(H,49,55)(H,48,54,56). The van der Waals surface area contributed by atoms with Crippen LogP contribution in [0.5, 0.6) is 5.75 Å². The van der Waals surface area contributed by atoms with E-state index in [4.69, 9.17) is 16.3 Å². The molecule has 1 atom stereocenters. The number of nitriles is 1. The van der Waals surface area contributed by atoms with E-state index in [0.29, 0.717) is 48.1 Å². The van der Waals surface area contributed by atoms with E-state index in [-0.39, 0.29) is 64.7 Å². The van der Waals surface area contributed by atoms with Crippen molar-refractivity contribution in [2.45, 2.75) is 71.6 Å². The topological polar surface area (TPSA) is 172 Å². The molecule has 60 heavy (non-hydrogen) atoms. The van der Waals surface area contributed by atoms with E-state index >= 15 is 0 Å². The van der Waals surface area contributed by atoms with E-state index in [1.807, 2.05) is 29.2 Å². The van der Waals surface area contributed by atoms with E-state index < -0.39 is 29.7 Å². The van der Waals surface area contributed by atoms with Crippen LogP contribution in [0.25, 0.3) is 0 Å². The highest BCUT2D eigenvalue weighted by Gasteiger charge is 2.64. The zero-order valence-electron chi connectivity index (χ0n) is 34.1. The van der Waals surface area contributed by atoms with Gasteiger partial charge in [0.05, 0.1) is 21.7 Å². The molecule has 4 aliphatic heterocycles. The summed E-state index contributed by atoms with van der Waals surface area (Å²) in [6.07, 6.45) is 1.39. The highest BCUT2D eigenvalue weighted by Crippen LogP contribution is 2.55. The molecule has 0 bridgehead atoms. The summed E-state index contributed by atoms with van der Waals surface area (Å²) in [4.78, 5) is 84.9. The summed E-state index contributed by atoms with van der Waals surface area (Å²) >= 11 is 6.24. The lowest BCUT2D eigenvalue weighted by molar-refractivity contribution is -0.164. The molecule has 3 saturated heterocycles. The highest BCUT2D eigenvalue weighted by molar-refractivity contribution is 6.31. The Labute approximate surface area is 353 Å². The highest BCUT2D eigenvalue weighted by atomic mass is 35.5. The number of carbonyl (C=O) groups excluding carboxylic acids is 6. The first kappa shape index (κ1) is 40.8. The van der Waals surface area contributed by atoms with E-state index in [0.717, 1.165) is 42.2 Å². The number of imide groups is 2. The number of amides is 6. The quantitative estimate of drug-likeness (QED) is 0.301. The fourth-order valence-corrected chi connectivity index (χ4v) is 10.3. The number of halogens is 1. The van der Waals surface area contributed by atoms with Gasteiger partial charge in [-0.25, -0.2) is 0 Å². The van der Waals surface area contributed by atoms with Crippen LogP contribution in [0.3, 0.4) is 0 Å². The minimum Gasteiger partial charge on any atom is -0.489 e. The summed E-state index contributed by atoms with van der Waals surface area (Å²) in [6, 6.07) is 18.6. The third-order valence-electron chi connectivity index (χ3n) is 13.1. The van der Waals surface area contributed by atoms with Gasteiger partial charge in [0.25, 0.3) is 17.7 Å². The number of piperazine rings is 1. The molecule has 8 rings (SSSR count). The van der Waals surface area contributed by atoms with Crippen molar-refractivity contribution in [3.8, 4) is 11.8 Å². The fourth-order valence-electron chi connectivity index (χ4n) is 10.1. The Hall–Kier alpha value is -5.94. The Morgan fingerprint density at radius 2 is 1.43 bits per heavy atom. The molecule has 4 fully saturated rings. The van der Waals surface area contributed by atoms with E-state index in [9.17, 15) is 34.0 Å². The second kappa shape index (κ2) is 15.6. The zero-order chi connectivity index (χ0) is 42.7. The second-order valence-electron chi connectivity index (χ2n) is 17.6. The van der Waals surface area contributed by atoms with Crippen molar-refractivity contribution in [2.75, 3.05) is 49.1 Å². The Balaban J connectivity index is 0.806. The number of anilines is 2. The van der Waals surface area contributed by atoms with Crippen molar-refractivity contribution >= 4 is 58.4 Å². The molecule has 15 heteroatoms. The van der Waals surface area contributed by atoms with Crippen LogP contribution in [0.2, 0.25) is 5.02 Å². The van der Waals surface area contributed by atoms with Crippen LogP contribution in [0.15, 0.2) is 60.7 Å². The molecule has 3 aromatic rings. The molecule has 3 aromatic carbocycles. The van der Waals surface area contributed by atoms with Gasteiger partial charge in [0.15, 0.2) is 0 Å². The molecule has 5 aliphatic rings. The SMILES string of the molecule is CC1(C)C(NC(=O)c2ccc(N3CCC(C(=O)N4CCN(c5ccc6c(c5)C(=O)N(C5CCC(=O)NC5=O)C6=O)CC4)CC3)cc2)C(C)(C)C1Oc1ccc(C#N)c(Cl)c1. The third-order valence-corrected chi connectivity index (χ3v) is 13.5. The Morgan fingerprint density at radius 1 is 0.800 bits per heavy atom. The van der Waals surface area contributed by atoms with Crippen LogP contribution >= 0.6 is 11.6 Å².